The standard InChI is InChI=1S/C57H96O6/c1-37(23-39-25-41(53(15,16)29-49(3,4)5)45(58)42(26-39)54(17,18)30-50(6,7)8)47-60-33-57(34-61-47)35-62-48(63-36-57)38(2)24-40-27-43(55(19,20)31-51(9,10)11)46(59)44(28-40)56(21,22)32-52(12,13)14/h25-28,37-38,47-48,58-59H,23-24,29-36H2,1-22H3. The molecule has 6 heteroatoms. The molecule has 0 amide bonds. The average Bonchev–Trinajstić information content (AvgIpc) is 3.05. The van der Waals surface area contributed by atoms with Crippen LogP contribution < -0.4 is 0 Å². The van der Waals surface area contributed by atoms with Crippen molar-refractivity contribution >= 4 is 0 Å². The highest BCUT2D eigenvalue weighted by Gasteiger charge is 2.45. The number of ether oxygens (including phenoxy) is 4. The summed E-state index contributed by atoms with van der Waals surface area (Å²) in [5, 5.41) is 24.0. The summed E-state index contributed by atoms with van der Waals surface area (Å²) in [5.41, 5.74) is 5.79. The molecule has 0 radical (unpaired) electrons. The van der Waals surface area contributed by atoms with E-state index in [9.17, 15) is 10.2 Å². The van der Waals surface area contributed by atoms with Crippen LogP contribution in [0.2, 0.25) is 0 Å². The van der Waals surface area contributed by atoms with Crippen molar-refractivity contribution in [1.82, 2.24) is 0 Å². The fraction of sp³-hybridized carbons (Fsp3) is 0.789. The van der Waals surface area contributed by atoms with Crippen molar-refractivity contribution in [3.8, 4) is 11.5 Å². The van der Waals surface area contributed by atoms with Crippen molar-refractivity contribution in [3.05, 3.63) is 57.6 Å². The molecule has 2 aromatic rings. The van der Waals surface area contributed by atoms with Gasteiger partial charge < -0.3 is 29.2 Å². The Morgan fingerprint density at radius 2 is 0.635 bits per heavy atom. The largest absolute Gasteiger partial charge is 0.507 e. The minimum Gasteiger partial charge on any atom is -0.507 e. The van der Waals surface area contributed by atoms with Gasteiger partial charge in [0.15, 0.2) is 12.6 Å². The minimum absolute atomic E-state index is 0.101. The molecule has 6 nitrogen and oxygen atoms in total. The predicted molar refractivity (Wildman–Crippen MR) is 264 cm³/mol. The van der Waals surface area contributed by atoms with E-state index in [0.29, 0.717) is 37.9 Å². The van der Waals surface area contributed by atoms with E-state index < -0.39 is 0 Å². The molecule has 0 aliphatic carbocycles. The highest BCUT2D eigenvalue weighted by molar-refractivity contribution is 5.52. The molecule has 0 bridgehead atoms. The van der Waals surface area contributed by atoms with Crippen LogP contribution in [0.5, 0.6) is 11.5 Å². The van der Waals surface area contributed by atoms with Gasteiger partial charge in [0.25, 0.3) is 0 Å². The third-order valence-electron chi connectivity index (χ3n) is 13.4. The van der Waals surface area contributed by atoms with Crippen molar-refractivity contribution in [3.63, 3.8) is 0 Å². The summed E-state index contributed by atoms with van der Waals surface area (Å²) in [6.07, 6.45) is 4.69. The average molecular weight is 877 g/mol. The second kappa shape index (κ2) is 18.5. The first-order valence-electron chi connectivity index (χ1n) is 24.4. The maximum absolute atomic E-state index is 12.0. The van der Waals surface area contributed by atoms with Crippen LogP contribution in [-0.4, -0.2) is 49.2 Å². The number of aromatic hydroxyl groups is 2. The summed E-state index contributed by atoms with van der Waals surface area (Å²) in [7, 11) is 0. The van der Waals surface area contributed by atoms with E-state index in [4.69, 9.17) is 18.9 Å². The molecule has 2 saturated heterocycles. The highest BCUT2D eigenvalue weighted by Crippen LogP contribution is 2.49. The molecule has 1 spiro atoms. The molecule has 0 saturated carbocycles. The summed E-state index contributed by atoms with van der Waals surface area (Å²) in [4.78, 5) is 0. The molecule has 2 aromatic carbocycles. The van der Waals surface area contributed by atoms with Crippen molar-refractivity contribution in [2.75, 3.05) is 26.4 Å². The Labute approximate surface area is 387 Å². The Morgan fingerprint density at radius 3 is 0.825 bits per heavy atom. The van der Waals surface area contributed by atoms with Crippen LogP contribution in [0.25, 0.3) is 0 Å². The zero-order chi connectivity index (χ0) is 48.2. The third-order valence-corrected chi connectivity index (χ3v) is 13.4. The molecule has 4 rings (SSSR count). The summed E-state index contributed by atoms with van der Waals surface area (Å²) >= 11 is 0. The summed E-state index contributed by atoms with van der Waals surface area (Å²) in [6, 6.07) is 9.01. The van der Waals surface area contributed by atoms with Gasteiger partial charge >= 0.3 is 0 Å². The Balaban J connectivity index is 1.48. The third kappa shape index (κ3) is 14.4. The van der Waals surface area contributed by atoms with Gasteiger partial charge in [-0.25, -0.2) is 0 Å². The van der Waals surface area contributed by atoms with Gasteiger partial charge in [0.05, 0.1) is 31.8 Å². The van der Waals surface area contributed by atoms with Gasteiger partial charge in [0, 0.05) is 34.1 Å². The minimum atomic E-state index is -0.355. The van der Waals surface area contributed by atoms with Crippen molar-refractivity contribution in [1.29, 1.82) is 0 Å². The molecule has 2 unspecified atom stereocenters. The molecule has 2 heterocycles. The molecular formula is C57H96O6. The van der Waals surface area contributed by atoms with Crippen LogP contribution in [0.15, 0.2) is 24.3 Å². The Bertz CT molecular complexity index is 1600. The first-order chi connectivity index (χ1) is 28.2. The quantitative estimate of drug-likeness (QED) is 0.197. The molecule has 2 N–H and O–H groups in total. The molecule has 63 heavy (non-hydrogen) atoms. The van der Waals surface area contributed by atoms with Crippen LogP contribution in [0, 0.1) is 38.9 Å². The van der Waals surface area contributed by atoms with Crippen molar-refractivity contribution in [2.45, 2.75) is 225 Å². The van der Waals surface area contributed by atoms with E-state index in [-0.39, 0.29) is 73.2 Å². The van der Waals surface area contributed by atoms with Crippen molar-refractivity contribution < 1.29 is 29.2 Å². The SMILES string of the molecule is CC(Cc1cc(C(C)(C)CC(C)(C)C)c(O)c(C(C)(C)CC(C)(C)C)c1)C1OCC2(CO1)COC(C(C)Cc1cc(C(C)(C)CC(C)(C)C)c(O)c(C(C)(C)CC(C)(C)C)c1)OC2. The molecule has 2 fully saturated rings. The molecule has 2 aliphatic rings. The lowest BCUT2D eigenvalue weighted by molar-refractivity contribution is -0.317. The summed E-state index contributed by atoms with van der Waals surface area (Å²) in [5.74, 6) is 1.10. The number of hydrogen-bond donors (Lipinski definition) is 2. The number of phenolic OH excluding ortho intramolecular Hbond substituents is 2. The topological polar surface area (TPSA) is 77.4 Å². The van der Waals surface area contributed by atoms with Gasteiger partial charge in [-0.1, -0.05) is 177 Å². The van der Waals surface area contributed by atoms with Crippen LogP contribution in [0.4, 0.5) is 0 Å². The second-order valence-corrected chi connectivity index (χ2v) is 28.4. The number of rotatable bonds is 14. The van der Waals surface area contributed by atoms with Crippen molar-refractivity contribution in [2.24, 2.45) is 38.9 Å². The number of hydrogen-bond acceptors (Lipinski definition) is 6. The van der Waals surface area contributed by atoms with Crippen LogP contribution in [0.1, 0.15) is 211 Å². The van der Waals surface area contributed by atoms with Gasteiger partial charge in [0.1, 0.15) is 11.5 Å². The van der Waals surface area contributed by atoms with E-state index in [1.54, 1.807) is 0 Å². The molecule has 360 valence electrons. The maximum Gasteiger partial charge on any atom is 0.160 e. The van der Waals surface area contributed by atoms with Gasteiger partial charge in [-0.2, -0.15) is 0 Å². The van der Waals surface area contributed by atoms with E-state index in [1.807, 2.05) is 0 Å². The van der Waals surface area contributed by atoms with Crippen LogP contribution >= 0.6 is 0 Å². The van der Waals surface area contributed by atoms with Gasteiger partial charge in [-0.3, -0.25) is 0 Å². The zero-order valence-electron chi connectivity index (χ0n) is 44.7. The monoisotopic (exact) mass is 877 g/mol. The normalized spacial score (nSPS) is 22.4. The predicted octanol–water partition coefficient (Wildman–Crippen LogP) is 14.7. The van der Waals surface area contributed by atoms with Crippen LogP contribution in [-0.2, 0) is 53.4 Å². The summed E-state index contributed by atoms with van der Waals surface area (Å²) in [6.45, 7) is 52.1. The Morgan fingerprint density at radius 1 is 0.429 bits per heavy atom. The Hall–Kier alpha value is -2.12. The lowest BCUT2D eigenvalue weighted by Crippen LogP contribution is -2.54. The first-order valence-corrected chi connectivity index (χ1v) is 24.4. The van der Waals surface area contributed by atoms with Gasteiger partial charge in [-0.15, -0.1) is 0 Å². The van der Waals surface area contributed by atoms with Gasteiger partial charge in [-0.05, 0) is 93.0 Å². The van der Waals surface area contributed by atoms with E-state index >= 15 is 0 Å². The zero-order valence-corrected chi connectivity index (χ0v) is 44.7. The Kier molecular flexibility index (Phi) is 15.7. The maximum atomic E-state index is 12.0. The van der Waals surface area contributed by atoms with Gasteiger partial charge in [0.2, 0.25) is 0 Å². The first kappa shape index (κ1) is 53.5. The van der Waals surface area contributed by atoms with E-state index in [1.165, 1.54) is 11.1 Å². The number of phenols is 2. The molecule has 0 aromatic heterocycles. The smallest absolute Gasteiger partial charge is 0.160 e. The lowest BCUT2D eigenvalue weighted by atomic mass is 9.67. The molecule has 2 aliphatic heterocycles. The van der Waals surface area contributed by atoms with Crippen LogP contribution in [0.3, 0.4) is 0 Å². The van der Waals surface area contributed by atoms with E-state index in [0.717, 1.165) is 60.8 Å². The summed E-state index contributed by atoms with van der Waals surface area (Å²) < 4.78 is 26.2. The number of benzene rings is 2. The second-order valence-electron chi connectivity index (χ2n) is 28.4. The fourth-order valence-electron chi connectivity index (χ4n) is 12.3. The molecule has 2 atom stereocenters. The lowest BCUT2D eigenvalue weighted by Gasteiger charge is -2.45. The highest BCUT2D eigenvalue weighted by atomic mass is 16.7. The molecular weight excluding hydrogens is 781 g/mol. The fourth-order valence-corrected chi connectivity index (χ4v) is 12.3. The van der Waals surface area contributed by atoms with E-state index in [2.05, 4.69) is 177 Å².